The van der Waals surface area contributed by atoms with Gasteiger partial charge in [-0.05, 0) is 18.6 Å². The van der Waals surface area contributed by atoms with Crippen molar-refractivity contribution in [3.05, 3.63) is 24.1 Å². The number of halogens is 3. The van der Waals surface area contributed by atoms with Gasteiger partial charge in [0, 0.05) is 11.8 Å². The first kappa shape index (κ1) is 8.91. The van der Waals surface area contributed by atoms with Crippen molar-refractivity contribution in [1.29, 1.82) is 0 Å². The molecule has 0 nitrogen and oxygen atoms in total. The van der Waals surface area contributed by atoms with Crippen LogP contribution in [0.15, 0.2) is 24.1 Å². The van der Waals surface area contributed by atoms with Crippen molar-refractivity contribution in [2.75, 3.05) is 5.33 Å². The first-order valence-electron chi connectivity index (χ1n) is 3.45. The fraction of sp³-hybridized carbons (Fsp3) is 0.500. The standard InChI is InChI=1S/C8H9BrF2/c9-5-4-8(11)3-1-2-7(10)6-8/h1-3H,4-6H2. The van der Waals surface area contributed by atoms with Gasteiger partial charge in [-0.2, -0.15) is 0 Å². The third-order valence-electron chi connectivity index (χ3n) is 1.64. The van der Waals surface area contributed by atoms with E-state index in [0.29, 0.717) is 11.8 Å². The third-order valence-corrected chi connectivity index (χ3v) is 2.04. The van der Waals surface area contributed by atoms with Gasteiger partial charge < -0.3 is 0 Å². The molecule has 0 aromatic rings. The highest BCUT2D eigenvalue weighted by Gasteiger charge is 2.28. The van der Waals surface area contributed by atoms with E-state index < -0.39 is 5.67 Å². The molecule has 1 aliphatic rings. The fourth-order valence-electron chi connectivity index (χ4n) is 1.05. The van der Waals surface area contributed by atoms with Crippen LogP contribution in [-0.4, -0.2) is 11.0 Å². The smallest absolute Gasteiger partial charge is 0.136 e. The van der Waals surface area contributed by atoms with Crippen molar-refractivity contribution in [3.8, 4) is 0 Å². The van der Waals surface area contributed by atoms with Gasteiger partial charge in [-0.3, -0.25) is 0 Å². The average molecular weight is 223 g/mol. The van der Waals surface area contributed by atoms with E-state index in [0.717, 1.165) is 0 Å². The van der Waals surface area contributed by atoms with E-state index >= 15 is 0 Å². The highest BCUT2D eigenvalue weighted by molar-refractivity contribution is 9.09. The molecule has 62 valence electrons. The molecular formula is C8H9BrF2. The summed E-state index contributed by atoms with van der Waals surface area (Å²) < 4.78 is 26.0. The molecule has 0 bridgehead atoms. The van der Waals surface area contributed by atoms with Gasteiger partial charge in [-0.1, -0.05) is 22.0 Å². The minimum atomic E-state index is -1.47. The summed E-state index contributed by atoms with van der Waals surface area (Å²) in [7, 11) is 0. The molecule has 0 saturated heterocycles. The number of rotatable bonds is 2. The Bertz CT molecular complexity index is 198. The molecule has 1 rings (SSSR count). The van der Waals surface area contributed by atoms with Crippen LogP contribution in [-0.2, 0) is 0 Å². The Labute approximate surface area is 73.1 Å². The summed E-state index contributed by atoms with van der Waals surface area (Å²) in [6, 6.07) is 0. The molecule has 3 heteroatoms. The SMILES string of the molecule is FC1=CC=CC(F)(CCBr)C1. The molecule has 0 spiro atoms. The first-order chi connectivity index (χ1) is 5.16. The number of hydrogen-bond donors (Lipinski definition) is 0. The Hall–Kier alpha value is -0.180. The molecule has 1 unspecified atom stereocenters. The Balaban J connectivity index is 2.62. The van der Waals surface area contributed by atoms with E-state index in [9.17, 15) is 8.78 Å². The van der Waals surface area contributed by atoms with E-state index in [-0.39, 0.29) is 12.2 Å². The normalized spacial score (nSPS) is 30.3. The summed E-state index contributed by atoms with van der Waals surface area (Å²) in [5.74, 6) is -0.379. The van der Waals surface area contributed by atoms with E-state index in [1.807, 2.05) is 0 Å². The zero-order chi connectivity index (χ0) is 8.32. The van der Waals surface area contributed by atoms with Gasteiger partial charge in [0.05, 0.1) is 0 Å². The molecule has 0 aromatic heterocycles. The van der Waals surface area contributed by atoms with Gasteiger partial charge >= 0.3 is 0 Å². The van der Waals surface area contributed by atoms with Crippen molar-refractivity contribution in [2.24, 2.45) is 0 Å². The van der Waals surface area contributed by atoms with Crippen LogP contribution < -0.4 is 0 Å². The van der Waals surface area contributed by atoms with E-state index in [1.54, 1.807) is 0 Å². The van der Waals surface area contributed by atoms with E-state index in [2.05, 4.69) is 15.9 Å². The summed E-state index contributed by atoms with van der Waals surface area (Å²) in [5.41, 5.74) is -1.47. The molecule has 11 heavy (non-hydrogen) atoms. The maximum absolute atomic E-state index is 13.4. The number of hydrogen-bond acceptors (Lipinski definition) is 0. The Morgan fingerprint density at radius 3 is 2.91 bits per heavy atom. The van der Waals surface area contributed by atoms with Crippen LogP contribution in [0, 0.1) is 0 Å². The maximum atomic E-state index is 13.4. The molecule has 1 aliphatic carbocycles. The summed E-state index contributed by atoms with van der Waals surface area (Å²) in [4.78, 5) is 0. The third kappa shape index (κ3) is 2.40. The van der Waals surface area contributed by atoms with Crippen LogP contribution in [0.25, 0.3) is 0 Å². The second-order valence-corrected chi connectivity index (χ2v) is 3.42. The van der Waals surface area contributed by atoms with Gasteiger partial charge in [0.25, 0.3) is 0 Å². The Kier molecular flexibility index (Phi) is 2.82. The second kappa shape index (κ2) is 3.48. The lowest BCUT2D eigenvalue weighted by Gasteiger charge is -2.21. The van der Waals surface area contributed by atoms with Crippen molar-refractivity contribution in [2.45, 2.75) is 18.5 Å². The predicted molar refractivity (Wildman–Crippen MR) is 45.2 cm³/mol. The molecule has 1 atom stereocenters. The van der Waals surface area contributed by atoms with Gasteiger partial charge in [-0.25, -0.2) is 8.78 Å². The summed E-state index contributed by atoms with van der Waals surface area (Å²) >= 11 is 3.12. The summed E-state index contributed by atoms with van der Waals surface area (Å²) in [5, 5.41) is 0.557. The maximum Gasteiger partial charge on any atom is 0.136 e. The van der Waals surface area contributed by atoms with Crippen LogP contribution in [0.3, 0.4) is 0 Å². The number of alkyl halides is 2. The molecule has 0 fully saturated rings. The zero-order valence-corrected chi connectivity index (χ0v) is 7.57. The Morgan fingerprint density at radius 1 is 1.64 bits per heavy atom. The molecule has 0 radical (unpaired) electrons. The lowest BCUT2D eigenvalue weighted by atomic mass is 9.94. The van der Waals surface area contributed by atoms with E-state index in [1.165, 1.54) is 18.2 Å². The molecule has 0 heterocycles. The van der Waals surface area contributed by atoms with Crippen LogP contribution in [0.2, 0.25) is 0 Å². The number of allylic oxidation sites excluding steroid dienone is 4. The lowest BCUT2D eigenvalue weighted by Crippen LogP contribution is -2.22. The van der Waals surface area contributed by atoms with Gasteiger partial charge in [0.1, 0.15) is 11.5 Å². The fourth-order valence-corrected chi connectivity index (χ4v) is 1.71. The van der Waals surface area contributed by atoms with Crippen LogP contribution >= 0.6 is 15.9 Å². The van der Waals surface area contributed by atoms with Crippen molar-refractivity contribution in [3.63, 3.8) is 0 Å². The van der Waals surface area contributed by atoms with Crippen LogP contribution in [0.4, 0.5) is 8.78 Å². The van der Waals surface area contributed by atoms with Crippen molar-refractivity contribution < 1.29 is 8.78 Å². The van der Waals surface area contributed by atoms with Crippen LogP contribution in [0.1, 0.15) is 12.8 Å². The highest BCUT2D eigenvalue weighted by Crippen LogP contribution is 2.31. The monoisotopic (exact) mass is 222 g/mol. The minimum absolute atomic E-state index is 0.116. The molecule has 0 amide bonds. The van der Waals surface area contributed by atoms with Gasteiger partial charge in [0.15, 0.2) is 0 Å². The van der Waals surface area contributed by atoms with Crippen molar-refractivity contribution in [1.82, 2.24) is 0 Å². The summed E-state index contributed by atoms with van der Waals surface area (Å²) in [6.45, 7) is 0. The molecular weight excluding hydrogens is 214 g/mol. The largest absolute Gasteiger partial charge is 0.239 e. The Morgan fingerprint density at radius 2 is 2.36 bits per heavy atom. The quantitative estimate of drug-likeness (QED) is 0.630. The molecule has 0 N–H and O–H groups in total. The van der Waals surface area contributed by atoms with Gasteiger partial charge in [-0.15, -0.1) is 0 Å². The lowest BCUT2D eigenvalue weighted by molar-refractivity contribution is 0.209. The molecule has 0 aromatic carbocycles. The minimum Gasteiger partial charge on any atom is -0.239 e. The van der Waals surface area contributed by atoms with Crippen molar-refractivity contribution >= 4 is 15.9 Å². The molecule has 0 aliphatic heterocycles. The van der Waals surface area contributed by atoms with Gasteiger partial charge in [0.2, 0.25) is 0 Å². The topological polar surface area (TPSA) is 0 Å². The summed E-state index contributed by atoms with van der Waals surface area (Å²) in [6.07, 6.45) is 4.35. The van der Waals surface area contributed by atoms with Crippen LogP contribution in [0.5, 0.6) is 0 Å². The average Bonchev–Trinajstić information content (AvgIpc) is 1.86. The molecule has 0 saturated carbocycles. The highest BCUT2D eigenvalue weighted by atomic mass is 79.9. The second-order valence-electron chi connectivity index (χ2n) is 2.62. The predicted octanol–water partition coefficient (Wildman–Crippen LogP) is 3.29. The first-order valence-corrected chi connectivity index (χ1v) is 4.57. The van der Waals surface area contributed by atoms with E-state index in [4.69, 9.17) is 0 Å². The zero-order valence-electron chi connectivity index (χ0n) is 5.99.